The van der Waals surface area contributed by atoms with Gasteiger partial charge in [0.05, 0.1) is 10.7 Å². The summed E-state index contributed by atoms with van der Waals surface area (Å²) in [5.41, 5.74) is 2.33. The van der Waals surface area contributed by atoms with Crippen molar-refractivity contribution in [3.8, 4) is 0 Å². The molecule has 0 fully saturated rings. The van der Waals surface area contributed by atoms with Crippen LogP contribution in [0.25, 0.3) is 11.0 Å². The molecule has 0 saturated heterocycles. The monoisotopic (exact) mass is 252 g/mol. The van der Waals surface area contributed by atoms with Crippen LogP contribution in [0.2, 0.25) is 0 Å². The van der Waals surface area contributed by atoms with E-state index in [4.69, 9.17) is 4.42 Å². The van der Waals surface area contributed by atoms with E-state index in [1.54, 1.807) is 0 Å². The van der Waals surface area contributed by atoms with Crippen molar-refractivity contribution in [1.82, 2.24) is 0 Å². The van der Waals surface area contributed by atoms with Gasteiger partial charge in [-0.2, -0.15) is 0 Å². The van der Waals surface area contributed by atoms with Crippen LogP contribution in [0.15, 0.2) is 33.4 Å². The third-order valence-electron chi connectivity index (χ3n) is 2.36. The lowest BCUT2D eigenvalue weighted by Crippen LogP contribution is -2.09. The number of rotatable bonds is 0. The molecule has 0 bridgehead atoms. The fourth-order valence-corrected chi connectivity index (χ4v) is 2.06. The zero-order chi connectivity index (χ0) is 10.3. The van der Waals surface area contributed by atoms with E-state index in [2.05, 4.69) is 42.8 Å². The van der Waals surface area contributed by atoms with Gasteiger partial charge in [0.15, 0.2) is 0 Å². The highest BCUT2D eigenvalue weighted by molar-refractivity contribution is 9.10. The predicted molar refractivity (Wildman–Crippen MR) is 62.6 cm³/mol. The minimum atomic E-state index is 0.131. The summed E-state index contributed by atoms with van der Waals surface area (Å²) in [6.07, 6.45) is 1.86. The number of hydrogen-bond acceptors (Lipinski definition) is 1. The van der Waals surface area contributed by atoms with Crippen molar-refractivity contribution < 1.29 is 4.42 Å². The Morgan fingerprint density at radius 1 is 1.21 bits per heavy atom. The molecule has 0 atom stereocenters. The summed E-state index contributed by atoms with van der Waals surface area (Å²) < 4.78 is 6.58. The van der Waals surface area contributed by atoms with Crippen LogP contribution < -0.4 is 0 Å². The Morgan fingerprint density at radius 2 is 1.93 bits per heavy atom. The maximum Gasteiger partial charge on any atom is 0.148 e. The summed E-state index contributed by atoms with van der Waals surface area (Å²) in [5.74, 6) is 0. The molecule has 2 heteroatoms. The molecule has 1 heterocycles. The second-order valence-electron chi connectivity index (χ2n) is 4.52. The van der Waals surface area contributed by atoms with Gasteiger partial charge in [-0.05, 0) is 27.4 Å². The first kappa shape index (κ1) is 9.78. The smallest absolute Gasteiger partial charge is 0.148 e. The van der Waals surface area contributed by atoms with E-state index in [9.17, 15) is 0 Å². The summed E-state index contributed by atoms with van der Waals surface area (Å²) in [4.78, 5) is 0. The highest BCUT2D eigenvalue weighted by atomic mass is 79.9. The molecule has 1 nitrogen and oxygen atoms in total. The molecule has 74 valence electrons. The molecule has 14 heavy (non-hydrogen) atoms. The maximum absolute atomic E-state index is 5.56. The molecule has 1 aromatic carbocycles. The van der Waals surface area contributed by atoms with Crippen LogP contribution in [0.4, 0.5) is 0 Å². The molecule has 0 aliphatic carbocycles. The minimum absolute atomic E-state index is 0.131. The largest absolute Gasteiger partial charge is 0.463 e. The Morgan fingerprint density at radius 3 is 2.57 bits per heavy atom. The molecule has 0 spiro atoms. The zero-order valence-corrected chi connectivity index (χ0v) is 10.2. The number of furan rings is 1. The Hall–Kier alpha value is -0.760. The van der Waals surface area contributed by atoms with E-state index < -0.39 is 0 Å². The average molecular weight is 253 g/mol. The quantitative estimate of drug-likeness (QED) is 0.674. The van der Waals surface area contributed by atoms with Crippen molar-refractivity contribution in [2.75, 3.05) is 0 Å². The van der Waals surface area contributed by atoms with E-state index in [-0.39, 0.29) is 5.41 Å². The van der Waals surface area contributed by atoms with E-state index in [1.807, 2.05) is 18.4 Å². The van der Waals surface area contributed by atoms with E-state index >= 15 is 0 Å². The van der Waals surface area contributed by atoms with Gasteiger partial charge >= 0.3 is 0 Å². The second-order valence-corrected chi connectivity index (χ2v) is 5.37. The third kappa shape index (κ3) is 1.48. The first-order valence-electron chi connectivity index (χ1n) is 4.66. The van der Waals surface area contributed by atoms with Crippen molar-refractivity contribution >= 4 is 26.9 Å². The molecular formula is C12H13BrO. The second kappa shape index (κ2) is 3.13. The first-order valence-corrected chi connectivity index (χ1v) is 5.45. The summed E-state index contributed by atoms with van der Waals surface area (Å²) in [6, 6.07) is 6.14. The average Bonchev–Trinajstić information content (AvgIpc) is 2.47. The fraction of sp³-hybridized carbons (Fsp3) is 0.333. The van der Waals surface area contributed by atoms with E-state index in [0.717, 1.165) is 10.1 Å². The standard InChI is InChI=1S/C12H13BrO/c1-12(2,3)9-7-14-11-8(9)5-4-6-10(11)13/h4-7H,1-3H3. The van der Waals surface area contributed by atoms with Crippen LogP contribution in [0.5, 0.6) is 0 Å². The van der Waals surface area contributed by atoms with Crippen LogP contribution in [0, 0.1) is 0 Å². The van der Waals surface area contributed by atoms with Crippen LogP contribution in [0.1, 0.15) is 26.3 Å². The highest BCUT2D eigenvalue weighted by Crippen LogP contribution is 2.34. The summed E-state index contributed by atoms with van der Waals surface area (Å²) in [5, 5.41) is 1.20. The molecule has 1 aromatic heterocycles. The molecule has 0 amide bonds. The van der Waals surface area contributed by atoms with Gasteiger partial charge in [0.2, 0.25) is 0 Å². The zero-order valence-electron chi connectivity index (χ0n) is 8.60. The molecule has 0 unspecified atom stereocenters. The van der Waals surface area contributed by atoms with Crippen LogP contribution in [-0.2, 0) is 5.41 Å². The summed E-state index contributed by atoms with van der Waals surface area (Å²) in [7, 11) is 0. The van der Waals surface area contributed by atoms with Crippen LogP contribution >= 0.6 is 15.9 Å². The van der Waals surface area contributed by atoms with Gasteiger partial charge in [0.25, 0.3) is 0 Å². The van der Waals surface area contributed by atoms with Gasteiger partial charge in [0, 0.05) is 10.9 Å². The van der Waals surface area contributed by atoms with Gasteiger partial charge in [0.1, 0.15) is 5.58 Å². The number of benzene rings is 1. The van der Waals surface area contributed by atoms with Gasteiger partial charge in [-0.25, -0.2) is 0 Å². The number of fused-ring (bicyclic) bond motifs is 1. The lowest BCUT2D eigenvalue weighted by atomic mass is 9.87. The fourth-order valence-electron chi connectivity index (χ4n) is 1.60. The molecular weight excluding hydrogens is 240 g/mol. The topological polar surface area (TPSA) is 13.1 Å². The van der Waals surface area contributed by atoms with Crippen molar-refractivity contribution in [1.29, 1.82) is 0 Å². The van der Waals surface area contributed by atoms with Crippen molar-refractivity contribution in [3.63, 3.8) is 0 Å². The molecule has 0 saturated carbocycles. The van der Waals surface area contributed by atoms with Gasteiger partial charge in [-0.15, -0.1) is 0 Å². The normalized spacial score (nSPS) is 12.3. The summed E-state index contributed by atoms with van der Waals surface area (Å²) in [6.45, 7) is 6.58. The lowest BCUT2D eigenvalue weighted by Gasteiger charge is -2.16. The predicted octanol–water partition coefficient (Wildman–Crippen LogP) is 4.49. The minimum Gasteiger partial charge on any atom is -0.463 e. The van der Waals surface area contributed by atoms with Crippen molar-refractivity contribution in [2.24, 2.45) is 0 Å². The molecule has 0 N–H and O–H groups in total. The molecule has 0 aliphatic rings. The molecule has 0 radical (unpaired) electrons. The Balaban J connectivity index is 2.76. The third-order valence-corrected chi connectivity index (χ3v) is 2.98. The van der Waals surface area contributed by atoms with Crippen molar-refractivity contribution in [2.45, 2.75) is 26.2 Å². The Kier molecular flexibility index (Phi) is 2.18. The maximum atomic E-state index is 5.56. The van der Waals surface area contributed by atoms with E-state index in [1.165, 1.54) is 10.9 Å². The highest BCUT2D eigenvalue weighted by Gasteiger charge is 2.19. The molecule has 2 aromatic rings. The molecule has 2 rings (SSSR count). The Bertz CT molecular complexity index is 463. The lowest BCUT2D eigenvalue weighted by molar-refractivity contribution is 0.557. The molecule has 0 aliphatic heterocycles. The van der Waals surface area contributed by atoms with Gasteiger partial charge < -0.3 is 4.42 Å². The van der Waals surface area contributed by atoms with Crippen LogP contribution in [-0.4, -0.2) is 0 Å². The first-order chi connectivity index (χ1) is 6.50. The number of para-hydroxylation sites is 1. The van der Waals surface area contributed by atoms with E-state index in [0.29, 0.717) is 0 Å². The number of halogens is 1. The summed E-state index contributed by atoms with van der Waals surface area (Å²) >= 11 is 3.48. The Labute approximate surface area is 92.2 Å². The van der Waals surface area contributed by atoms with Crippen LogP contribution in [0.3, 0.4) is 0 Å². The van der Waals surface area contributed by atoms with Gasteiger partial charge in [-0.3, -0.25) is 0 Å². The SMILES string of the molecule is CC(C)(C)c1coc2c(Br)cccc12. The number of hydrogen-bond donors (Lipinski definition) is 0. The van der Waals surface area contributed by atoms with Crippen molar-refractivity contribution in [3.05, 3.63) is 34.5 Å². The van der Waals surface area contributed by atoms with Gasteiger partial charge in [-0.1, -0.05) is 32.9 Å².